The second-order valence-electron chi connectivity index (χ2n) is 5.16. The Morgan fingerprint density at radius 2 is 2.14 bits per heavy atom. The number of fused-ring (bicyclic) bond motifs is 1. The maximum atomic E-state index is 12.1. The molecule has 1 aliphatic heterocycles. The van der Waals surface area contributed by atoms with Crippen molar-refractivity contribution in [2.24, 2.45) is 0 Å². The minimum atomic E-state index is -0.273. The number of esters is 1. The first-order chi connectivity index (χ1) is 10.3. The Hall–Kier alpha value is -2.21. The first-order valence-corrected chi connectivity index (χ1v) is 6.99. The average molecular weight is 286 g/mol. The lowest BCUT2D eigenvalue weighted by molar-refractivity contribution is -0.143. The van der Waals surface area contributed by atoms with Crippen molar-refractivity contribution in [3.05, 3.63) is 48.0 Å². The van der Waals surface area contributed by atoms with Gasteiger partial charge < -0.3 is 9.30 Å². The van der Waals surface area contributed by atoms with E-state index >= 15 is 0 Å². The largest absolute Gasteiger partial charge is 0.469 e. The number of carbonyl (C=O) groups is 1. The van der Waals surface area contributed by atoms with Crippen LogP contribution in [0.3, 0.4) is 0 Å². The Bertz CT molecular complexity index is 611. The van der Waals surface area contributed by atoms with Crippen LogP contribution in [0.15, 0.2) is 36.7 Å². The standard InChI is InChI=1S/C15H18N4O2/c1-21-15(20)13(12-5-3-2-4-6-12)9-18-7-8-19-11-16-17-14(19)10-18/h2-6,11,13H,7-10H2,1H3. The molecule has 0 N–H and O–H groups in total. The molecule has 6 heteroatoms. The minimum absolute atomic E-state index is 0.201. The van der Waals surface area contributed by atoms with Gasteiger partial charge in [0.05, 0.1) is 19.6 Å². The number of methoxy groups -OCH3 is 1. The van der Waals surface area contributed by atoms with Crippen LogP contribution in [0.2, 0.25) is 0 Å². The van der Waals surface area contributed by atoms with Gasteiger partial charge in [-0.25, -0.2) is 0 Å². The number of ether oxygens (including phenoxy) is 1. The van der Waals surface area contributed by atoms with E-state index in [4.69, 9.17) is 4.74 Å². The Balaban J connectivity index is 1.75. The molecule has 0 bridgehead atoms. The summed E-state index contributed by atoms with van der Waals surface area (Å²) in [6, 6.07) is 9.76. The van der Waals surface area contributed by atoms with E-state index in [1.807, 2.05) is 34.9 Å². The van der Waals surface area contributed by atoms with E-state index in [9.17, 15) is 4.79 Å². The fraction of sp³-hybridized carbons (Fsp3) is 0.400. The molecule has 1 aliphatic rings. The highest BCUT2D eigenvalue weighted by Crippen LogP contribution is 2.21. The van der Waals surface area contributed by atoms with Crippen LogP contribution in [0.25, 0.3) is 0 Å². The quantitative estimate of drug-likeness (QED) is 0.786. The zero-order chi connectivity index (χ0) is 14.7. The van der Waals surface area contributed by atoms with E-state index in [2.05, 4.69) is 15.1 Å². The van der Waals surface area contributed by atoms with E-state index in [1.54, 1.807) is 6.33 Å². The lowest BCUT2D eigenvalue weighted by Crippen LogP contribution is -2.38. The van der Waals surface area contributed by atoms with Crippen molar-refractivity contribution < 1.29 is 9.53 Å². The second-order valence-corrected chi connectivity index (χ2v) is 5.16. The van der Waals surface area contributed by atoms with Gasteiger partial charge in [-0.3, -0.25) is 9.69 Å². The topological polar surface area (TPSA) is 60.2 Å². The monoisotopic (exact) mass is 286 g/mol. The molecule has 1 aromatic heterocycles. The summed E-state index contributed by atoms with van der Waals surface area (Å²) in [5.41, 5.74) is 0.983. The molecule has 2 aromatic rings. The summed E-state index contributed by atoms with van der Waals surface area (Å²) in [7, 11) is 1.44. The molecule has 3 rings (SSSR count). The van der Waals surface area contributed by atoms with E-state index in [1.165, 1.54) is 7.11 Å². The van der Waals surface area contributed by atoms with Crippen molar-refractivity contribution >= 4 is 5.97 Å². The molecule has 0 spiro atoms. The van der Waals surface area contributed by atoms with Crippen molar-refractivity contribution in [3.63, 3.8) is 0 Å². The van der Waals surface area contributed by atoms with Crippen molar-refractivity contribution in [1.82, 2.24) is 19.7 Å². The third-order valence-corrected chi connectivity index (χ3v) is 3.85. The van der Waals surface area contributed by atoms with Gasteiger partial charge in [0.15, 0.2) is 0 Å². The zero-order valence-electron chi connectivity index (χ0n) is 12.0. The number of nitrogens with zero attached hydrogens (tertiary/aromatic N) is 4. The fourth-order valence-corrected chi connectivity index (χ4v) is 2.67. The number of rotatable bonds is 4. The van der Waals surface area contributed by atoms with Gasteiger partial charge in [0.2, 0.25) is 0 Å². The van der Waals surface area contributed by atoms with Crippen LogP contribution >= 0.6 is 0 Å². The second kappa shape index (κ2) is 6.05. The molecule has 1 unspecified atom stereocenters. The average Bonchev–Trinajstić information content (AvgIpc) is 3.00. The summed E-state index contributed by atoms with van der Waals surface area (Å²) in [5, 5.41) is 8.03. The molecular weight excluding hydrogens is 268 g/mol. The number of aromatic nitrogens is 3. The molecule has 0 fully saturated rings. The van der Waals surface area contributed by atoms with Crippen molar-refractivity contribution in [2.75, 3.05) is 20.2 Å². The molecule has 1 aromatic carbocycles. The van der Waals surface area contributed by atoms with Gasteiger partial charge in [-0.2, -0.15) is 0 Å². The molecule has 0 amide bonds. The molecule has 0 aliphatic carbocycles. The van der Waals surface area contributed by atoms with Gasteiger partial charge >= 0.3 is 5.97 Å². The summed E-state index contributed by atoms with van der Waals surface area (Å²) < 4.78 is 7.01. The Labute approximate surface area is 123 Å². The Morgan fingerprint density at radius 1 is 1.33 bits per heavy atom. The van der Waals surface area contributed by atoms with Gasteiger partial charge in [-0.1, -0.05) is 30.3 Å². The van der Waals surface area contributed by atoms with Crippen LogP contribution in [0.1, 0.15) is 17.3 Å². The molecule has 1 atom stereocenters. The molecule has 2 heterocycles. The molecule has 0 saturated heterocycles. The van der Waals surface area contributed by atoms with E-state index in [0.29, 0.717) is 13.1 Å². The summed E-state index contributed by atoms with van der Waals surface area (Å²) >= 11 is 0. The SMILES string of the molecule is COC(=O)C(CN1CCn2cnnc2C1)c1ccccc1. The maximum Gasteiger partial charge on any atom is 0.314 e. The summed E-state index contributed by atoms with van der Waals surface area (Å²) in [5.74, 6) is 0.469. The minimum Gasteiger partial charge on any atom is -0.469 e. The Morgan fingerprint density at radius 3 is 2.90 bits per heavy atom. The van der Waals surface area contributed by atoms with Gasteiger partial charge in [0, 0.05) is 19.6 Å². The lowest BCUT2D eigenvalue weighted by atomic mass is 9.98. The highest BCUT2D eigenvalue weighted by atomic mass is 16.5. The van der Waals surface area contributed by atoms with Crippen LogP contribution in [0.5, 0.6) is 0 Å². The summed E-state index contributed by atoms with van der Waals surface area (Å²) in [6.45, 7) is 3.07. The Kier molecular flexibility index (Phi) is 3.96. The predicted octanol–water partition coefficient (Wildman–Crippen LogP) is 1.05. The molecule has 6 nitrogen and oxygen atoms in total. The number of carbonyl (C=O) groups excluding carboxylic acids is 1. The third kappa shape index (κ3) is 2.95. The van der Waals surface area contributed by atoms with Gasteiger partial charge in [-0.15, -0.1) is 10.2 Å². The highest BCUT2D eigenvalue weighted by Gasteiger charge is 2.26. The van der Waals surface area contributed by atoms with Gasteiger partial charge in [-0.05, 0) is 5.56 Å². The zero-order valence-corrected chi connectivity index (χ0v) is 12.0. The normalized spacial score (nSPS) is 16.2. The lowest BCUT2D eigenvalue weighted by Gasteiger charge is -2.29. The highest BCUT2D eigenvalue weighted by molar-refractivity contribution is 5.78. The van der Waals surface area contributed by atoms with E-state index in [0.717, 1.165) is 24.5 Å². The van der Waals surface area contributed by atoms with Crippen LogP contribution in [0.4, 0.5) is 0 Å². The summed E-state index contributed by atoms with van der Waals surface area (Å²) in [4.78, 5) is 14.3. The molecule has 21 heavy (non-hydrogen) atoms. The van der Waals surface area contributed by atoms with Crippen LogP contribution in [-0.2, 0) is 22.6 Å². The van der Waals surface area contributed by atoms with E-state index in [-0.39, 0.29) is 11.9 Å². The molecular formula is C15H18N4O2. The molecule has 0 saturated carbocycles. The molecule has 110 valence electrons. The number of hydrogen-bond acceptors (Lipinski definition) is 5. The van der Waals surface area contributed by atoms with Crippen molar-refractivity contribution in [3.8, 4) is 0 Å². The predicted molar refractivity (Wildman–Crippen MR) is 76.5 cm³/mol. The van der Waals surface area contributed by atoms with Crippen LogP contribution in [-0.4, -0.2) is 45.8 Å². The molecule has 0 radical (unpaired) electrons. The summed E-state index contributed by atoms with van der Waals surface area (Å²) in [6.07, 6.45) is 1.75. The maximum absolute atomic E-state index is 12.1. The van der Waals surface area contributed by atoms with Crippen molar-refractivity contribution in [1.29, 1.82) is 0 Å². The smallest absolute Gasteiger partial charge is 0.314 e. The van der Waals surface area contributed by atoms with Gasteiger partial charge in [0.1, 0.15) is 12.2 Å². The number of benzene rings is 1. The van der Waals surface area contributed by atoms with Gasteiger partial charge in [0.25, 0.3) is 0 Å². The third-order valence-electron chi connectivity index (χ3n) is 3.85. The first kappa shape index (κ1) is 13.8. The van der Waals surface area contributed by atoms with Crippen LogP contribution < -0.4 is 0 Å². The van der Waals surface area contributed by atoms with Crippen molar-refractivity contribution in [2.45, 2.75) is 19.0 Å². The van der Waals surface area contributed by atoms with E-state index < -0.39 is 0 Å². The first-order valence-electron chi connectivity index (χ1n) is 6.99. The fourth-order valence-electron chi connectivity index (χ4n) is 2.67. The number of hydrogen-bond donors (Lipinski definition) is 0. The van der Waals surface area contributed by atoms with Crippen LogP contribution in [0, 0.1) is 0 Å².